The van der Waals surface area contributed by atoms with Gasteiger partial charge in [-0.05, 0) is 18.3 Å². The Labute approximate surface area is 87.1 Å². The molecule has 0 spiro atoms. The molecule has 0 saturated carbocycles. The molecule has 7 heteroatoms. The first-order chi connectivity index (χ1) is 7.28. The maximum Gasteiger partial charge on any atom is 0.196 e. The van der Waals surface area contributed by atoms with E-state index in [-0.39, 0.29) is 0 Å². The van der Waals surface area contributed by atoms with Gasteiger partial charge in [0.15, 0.2) is 5.82 Å². The van der Waals surface area contributed by atoms with Gasteiger partial charge >= 0.3 is 0 Å². The van der Waals surface area contributed by atoms with Gasteiger partial charge in [-0.15, -0.1) is 10.2 Å². The van der Waals surface area contributed by atoms with Crippen LogP contribution in [-0.4, -0.2) is 37.0 Å². The van der Waals surface area contributed by atoms with Crippen molar-refractivity contribution in [2.75, 3.05) is 7.05 Å². The standard InChI is InChI=1S/C8H13N7/c1-9-5-7-3-4-15(11-7)6-8-10-13-14(2)12-8/h3-4,9H,5-6H2,1-2H3. The van der Waals surface area contributed by atoms with Gasteiger partial charge in [0, 0.05) is 12.7 Å². The van der Waals surface area contributed by atoms with Gasteiger partial charge in [-0.2, -0.15) is 9.90 Å². The minimum absolute atomic E-state index is 0.553. The van der Waals surface area contributed by atoms with E-state index in [1.807, 2.05) is 19.3 Å². The van der Waals surface area contributed by atoms with Crippen LogP contribution in [0.2, 0.25) is 0 Å². The van der Waals surface area contributed by atoms with Crippen LogP contribution in [0.3, 0.4) is 0 Å². The highest BCUT2D eigenvalue weighted by Crippen LogP contribution is 1.97. The fraction of sp³-hybridized carbons (Fsp3) is 0.500. The molecule has 0 aliphatic carbocycles. The molecule has 2 heterocycles. The van der Waals surface area contributed by atoms with Crippen LogP contribution in [-0.2, 0) is 20.1 Å². The number of rotatable bonds is 4. The van der Waals surface area contributed by atoms with Crippen molar-refractivity contribution in [2.45, 2.75) is 13.1 Å². The summed E-state index contributed by atoms with van der Waals surface area (Å²) in [5.74, 6) is 0.664. The zero-order chi connectivity index (χ0) is 10.7. The van der Waals surface area contributed by atoms with Crippen LogP contribution in [0.25, 0.3) is 0 Å². The molecule has 0 aliphatic heterocycles. The Morgan fingerprint density at radius 1 is 1.40 bits per heavy atom. The van der Waals surface area contributed by atoms with Gasteiger partial charge in [-0.25, -0.2) is 0 Å². The Morgan fingerprint density at radius 2 is 2.27 bits per heavy atom. The number of nitrogens with one attached hydrogen (secondary N) is 1. The molecule has 2 aromatic rings. The zero-order valence-electron chi connectivity index (χ0n) is 8.75. The van der Waals surface area contributed by atoms with Crippen molar-refractivity contribution in [3.05, 3.63) is 23.8 Å². The fourth-order valence-corrected chi connectivity index (χ4v) is 1.30. The van der Waals surface area contributed by atoms with Crippen molar-refractivity contribution < 1.29 is 0 Å². The molecule has 80 valence electrons. The van der Waals surface area contributed by atoms with Gasteiger partial charge < -0.3 is 5.32 Å². The van der Waals surface area contributed by atoms with Gasteiger partial charge in [-0.3, -0.25) is 4.68 Å². The lowest BCUT2D eigenvalue weighted by atomic mass is 10.4. The molecular weight excluding hydrogens is 194 g/mol. The van der Waals surface area contributed by atoms with Gasteiger partial charge in [0.05, 0.1) is 12.7 Å². The number of hydrogen-bond donors (Lipinski definition) is 1. The Hall–Kier alpha value is -1.76. The second-order valence-electron chi connectivity index (χ2n) is 3.23. The molecule has 2 aromatic heterocycles. The van der Waals surface area contributed by atoms with Crippen LogP contribution in [0, 0.1) is 0 Å². The summed E-state index contributed by atoms with van der Waals surface area (Å²) in [7, 11) is 3.63. The van der Waals surface area contributed by atoms with Crippen molar-refractivity contribution in [3.8, 4) is 0 Å². The molecular formula is C8H13N7. The Bertz CT molecular complexity index is 430. The quantitative estimate of drug-likeness (QED) is 0.708. The average Bonchev–Trinajstić information content (AvgIpc) is 2.78. The van der Waals surface area contributed by atoms with Crippen LogP contribution in [0.4, 0.5) is 0 Å². The molecule has 0 bridgehead atoms. The Morgan fingerprint density at radius 3 is 2.93 bits per heavy atom. The average molecular weight is 207 g/mol. The first-order valence-electron chi connectivity index (χ1n) is 4.68. The largest absolute Gasteiger partial charge is 0.314 e. The molecule has 1 N–H and O–H groups in total. The lowest BCUT2D eigenvalue weighted by Gasteiger charge is -1.95. The van der Waals surface area contributed by atoms with E-state index in [1.54, 1.807) is 11.7 Å². The summed E-state index contributed by atoms with van der Waals surface area (Å²) < 4.78 is 1.80. The molecule has 7 nitrogen and oxygen atoms in total. The highest BCUT2D eigenvalue weighted by molar-refractivity contribution is 4.99. The third kappa shape index (κ3) is 2.38. The van der Waals surface area contributed by atoms with Gasteiger partial charge in [0.25, 0.3) is 0 Å². The number of nitrogens with zero attached hydrogens (tertiary/aromatic N) is 6. The predicted octanol–water partition coefficient (Wildman–Crippen LogP) is -0.826. The van der Waals surface area contributed by atoms with Crippen LogP contribution in [0.1, 0.15) is 11.5 Å². The molecule has 0 unspecified atom stereocenters. The summed E-state index contributed by atoms with van der Waals surface area (Å²) in [6.45, 7) is 1.32. The van der Waals surface area contributed by atoms with E-state index in [0.29, 0.717) is 12.4 Å². The van der Waals surface area contributed by atoms with Gasteiger partial charge in [0.2, 0.25) is 0 Å². The number of aryl methyl sites for hydroxylation is 1. The maximum atomic E-state index is 4.34. The minimum atomic E-state index is 0.553. The van der Waals surface area contributed by atoms with Crippen LogP contribution < -0.4 is 5.32 Å². The first-order valence-corrected chi connectivity index (χ1v) is 4.68. The van der Waals surface area contributed by atoms with E-state index in [0.717, 1.165) is 12.2 Å². The number of aromatic nitrogens is 6. The molecule has 0 aliphatic rings. The smallest absolute Gasteiger partial charge is 0.196 e. The lowest BCUT2D eigenvalue weighted by molar-refractivity contribution is 0.612. The maximum absolute atomic E-state index is 4.34. The van der Waals surface area contributed by atoms with Gasteiger partial charge in [0.1, 0.15) is 6.54 Å². The molecule has 0 fully saturated rings. The molecule has 0 aromatic carbocycles. The van der Waals surface area contributed by atoms with E-state index in [1.165, 1.54) is 4.80 Å². The summed E-state index contributed by atoms with van der Waals surface area (Å²) in [5, 5.41) is 19.1. The number of hydrogen-bond acceptors (Lipinski definition) is 5. The van der Waals surface area contributed by atoms with Crippen molar-refractivity contribution >= 4 is 0 Å². The molecule has 0 radical (unpaired) electrons. The third-order valence-electron chi connectivity index (χ3n) is 1.91. The summed E-state index contributed by atoms with van der Waals surface area (Å²) in [6, 6.07) is 1.97. The molecule has 0 atom stereocenters. The highest BCUT2D eigenvalue weighted by atomic mass is 15.6. The second kappa shape index (κ2) is 4.18. The molecule has 2 rings (SSSR count). The lowest BCUT2D eigenvalue weighted by Crippen LogP contribution is -2.08. The van der Waals surface area contributed by atoms with Crippen molar-refractivity contribution in [1.29, 1.82) is 0 Å². The highest BCUT2D eigenvalue weighted by Gasteiger charge is 2.03. The van der Waals surface area contributed by atoms with Crippen LogP contribution in [0.5, 0.6) is 0 Å². The minimum Gasteiger partial charge on any atom is -0.314 e. The fourth-order valence-electron chi connectivity index (χ4n) is 1.30. The second-order valence-corrected chi connectivity index (χ2v) is 3.23. The van der Waals surface area contributed by atoms with Crippen LogP contribution >= 0.6 is 0 Å². The topological polar surface area (TPSA) is 73.5 Å². The first kappa shape index (κ1) is 9.78. The normalized spacial score (nSPS) is 10.8. The molecule has 0 amide bonds. The SMILES string of the molecule is CNCc1ccn(Cc2nnn(C)n2)n1. The van der Waals surface area contributed by atoms with E-state index < -0.39 is 0 Å². The summed E-state index contributed by atoms with van der Waals surface area (Å²) in [4.78, 5) is 1.44. The van der Waals surface area contributed by atoms with Crippen molar-refractivity contribution in [2.24, 2.45) is 7.05 Å². The Balaban J connectivity index is 2.04. The molecule has 15 heavy (non-hydrogen) atoms. The summed E-state index contributed by atoms with van der Waals surface area (Å²) in [6.07, 6.45) is 1.91. The monoisotopic (exact) mass is 207 g/mol. The summed E-state index contributed by atoms with van der Waals surface area (Å²) in [5.41, 5.74) is 1.00. The van der Waals surface area contributed by atoms with E-state index in [9.17, 15) is 0 Å². The van der Waals surface area contributed by atoms with E-state index in [2.05, 4.69) is 25.8 Å². The molecule has 0 saturated heterocycles. The van der Waals surface area contributed by atoms with E-state index >= 15 is 0 Å². The van der Waals surface area contributed by atoms with E-state index in [4.69, 9.17) is 0 Å². The predicted molar refractivity (Wildman–Crippen MR) is 52.9 cm³/mol. The summed E-state index contributed by atoms with van der Waals surface area (Å²) >= 11 is 0. The van der Waals surface area contributed by atoms with Crippen LogP contribution in [0.15, 0.2) is 12.3 Å². The Kier molecular flexibility index (Phi) is 2.72. The zero-order valence-corrected chi connectivity index (χ0v) is 8.75. The third-order valence-corrected chi connectivity index (χ3v) is 1.91. The van der Waals surface area contributed by atoms with Crippen molar-refractivity contribution in [3.63, 3.8) is 0 Å². The van der Waals surface area contributed by atoms with Crippen molar-refractivity contribution in [1.82, 2.24) is 35.3 Å². The van der Waals surface area contributed by atoms with Gasteiger partial charge in [-0.1, -0.05) is 0 Å². The number of tetrazole rings is 1.